The van der Waals surface area contributed by atoms with E-state index in [1.54, 1.807) is 4.90 Å². The lowest BCUT2D eigenvalue weighted by molar-refractivity contribution is -0.142. The van der Waals surface area contributed by atoms with E-state index < -0.39 is 17.9 Å². The number of carbonyl (C=O) groups excluding carboxylic acids is 2. The summed E-state index contributed by atoms with van der Waals surface area (Å²) in [5.74, 6) is -1.90. The molecule has 2 unspecified atom stereocenters. The standard InChI is InChI=1S/C18H24N2O4/c1-11(2)8-15(18(23)24)19-17(22)13-9-16(21)20(10-13)14-6-4-12(3)5-7-14/h4-7,11,13,15H,8-10H2,1-3H3,(H,19,22)(H,23,24). The fraction of sp³-hybridized carbons (Fsp3) is 0.500. The minimum absolute atomic E-state index is 0.105. The van der Waals surface area contributed by atoms with Crippen LogP contribution in [0.15, 0.2) is 24.3 Å². The second-order valence-electron chi connectivity index (χ2n) is 6.77. The van der Waals surface area contributed by atoms with Crippen LogP contribution in [-0.2, 0) is 14.4 Å². The highest BCUT2D eigenvalue weighted by molar-refractivity contribution is 6.00. The molecule has 1 aliphatic rings. The molecule has 2 rings (SSSR count). The van der Waals surface area contributed by atoms with Crippen LogP contribution in [0.1, 0.15) is 32.3 Å². The Balaban J connectivity index is 2.02. The van der Waals surface area contributed by atoms with Gasteiger partial charge < -0.3 is 15.3 Å². The normalized spacial score (nSPS) is 18.8. The Morgan fingerprint density at radius 3 is 2.46 bits per heavy atom. The van der Waals surface area contributed by atoms with Gasteiger partial charge in [-0.3, -0.25) is 9.59 Å². The third-order valence-corrected chi connectivity index (χ3v) is 4.16. The Kier molecular flexibility index (Phi) is 5.59. The summed E-state index contributed by atoms with van der Waals surface area (Å²) in [6.07, 6.45) is 0.469. The van der Waals surface area contributed by atoms with Crippen molar-refractivity contribution in [2.45, 2.75) is 39.7 Å². The largest absolute Gasteiger partial charge is 0.480 e. The molecule has 2 N–H and O–H groups in total. The summed E-state index contributed by atoms with van der Waals surface area (Å²) in [6, 6.07) is 6.62. The van der Waals surface area contributed by atoms with Gasteiger partial charge in [-0.05, 0) is 31.4 Å². The average Bonchev–Trinajstić information content (AvgIpc) is 2.89. The van der Waals surface area contributed by atoms with Crippen molar-refractivity contribution in [2.24, 2.45) is 11.8 Å². The van der Waals surface area contributed by atoms with Crippen LogP contribution in [0.25, 0.3) is 0 Å². The lowest BCUT2D eigenvalue weighted by atomic mass is 10.0. The topological polar surface area (TPSA) is 86.7 Å². The minimum atomic E-state index is -1.04. The highest BCUT2D eigenvalue weighted by Crippen LogP contribution is 2.25. The molecule has 1 aromatic rings. The van der Waals surface area contributed by atoms with E-state index in [1.807, 2.05) is 45.0 Å². The van der Waals surface area contributed by atoms with Crippen LogP contribution in [0.4, 0.5) is 5.69 Å². The molecule has 1 heterocycles. The Labute approximate surface area is 141 Å². The van der Waals surface area contributed by atoms with Crippen LogP contribution in [0.2, 0.25) is 0 Å². The van der Waals surface area contributed by atoms with E-state index in [9.17, 15) is 19.5 Å². The zero-order chi connectivity index (χ0) is 17.9. The van der Waals surface area contributed by atoms with E-state index in [2.05, 4.69) is 5.32 Å². The van der Waals surface area contributed by atoms with Crippen molar-refractivity contribution in [3.63, 3.8) is 0 Å². The Morgan fingerprint density at radius 1 is 1.29 bits per heavy atom. The van der Waals surface area contributed by atoms with E-state index in [-0.39, 0.29) is 30.7 Å². The molecule has 1 saturated heterocycles. The van der Waals surface area contributed by atoms with Crippen LogP contribution in [-0.4, -0.2) is 35.5 Å². The second kappa shape index (κ2) is 7.47. The lowest BCUT2D eigenvalue weighted by Crippen LogP contribution is -2.44. The molecule has 24 heavy (non-hydrogen) atoms. The molecule has 2 atom stereocenters. The van der Waals surface area contributed by atoms with Crippen molar-refractivity contribution >= 4 is 23.5 Å². The number of benzene rings is 1. The summed E-state index contributed by atoms with van der Waals surface area (Å²) < 4.78 is 0. The monoisotopic (exact) mass is 332 g/mol. The van der Waals surface area contributed by atoms with Gasteiger partial charge in [0.25, 0.3) is 0 Å². The molecule has 0 spiro atoms. The summed E-state index contributed by atoms with van der Waals surface area (Å²) in [4.78, 5) is 37.4. The van der Waals surface area contributed by atoms with Crippen molar-refractivity contribution in [1.29, 1.82) is 0 Å². The quantitative estimate of drug-likeness (QED) is 0.834. The fourth-order valence-corrected chi connectivity index (χ4v) is 2.84. The predicted octanol–water partition coefficient (Wildman–Crippen LogP) is 1.96. The highest BCUT2D eigenvalue weighted by Gasteiger charge is 2.36. The number of aryl methyl sites for hydroxylation is 1. The summed E-state index contributed by atoms with van der Waals surface area (Å²) >= 11 is 0. The summed E-state index contributed by atoms with van der Waals surface area (Å²) in [5, 5.41) is 11.8. The number of nitrogens with zero attached hydrogens (tertiary/aromatic N) is 1. The van der Waals surface area contributed by atoms with Gasteiger partial charge in [0.1, 0.15) is 6.04 Å². The molecule has 6 heteroatoms. The average molecular weight is 332 g/mol. The van der Waals surface area contributed by atoms with Crippen LogP contribution >= 0.6 is 0 Å². The maximum Gasteiger partial charge on any atom is 0.326 e. The molecule has 1 fully saturated rings. The third-order valence-electron chi connectivity index (χ3n) is 4.16. The zero-order valence-corrected chi connectivity index (χ0v) is 14.3. The van der Waals surface area contributed by atoms with E-state index in [0.29, 0.717) is 6.42 Å². The first kappa shape index (κ1) is 18.0. The molecule has 1 aromatic carbocycles. The molecule has 2 amide bonds. The maximum atomic E-state index is 12.4. The second-order valence-corrected chi connectivity index (χ2v) is 6.77. The van der Waals surface area contributed by atoms with E-state index >= 15 is 0 Å². The Hall–Kier alpha value is -2.37. The molecule has 130 valence electrons. The molecule has 0 saturated carbocycles. The molecule has 0 radical (unpaired) electrons. The molecule has 1 aliphatic heterocycles. The fourth-order valence-electron chi connectivity index (χ4n) is 2.84. The lowest BCUT2D eigenvalue weighted by Gasteiger charge is -2.19. The molecular weight excluding hydrogens is 308 g/mol. The smallest absolute Gasteiger partial charge is 0.326 e. The van der Waals surface area contributed by atoms with Gasteiger partial charge in [0.05, 0.1) is 5.92 Å². The minimum Gasteiger partial charge on any atom is -0.480 e. The van der Waals surface area contributed by atoms with Gasteiger partial charge >= 0.3 is 5.97 Å². The van der Waals surface area contributed by atoms with Crippen LogP contribution < -0.4 is 10.2 Å². The maximum absolute atomic E-state index is 12.4. The number of anilines is 1. The number of rotatable bonds is 6. The number of amides is 2. The first-order chi connectivity index (χ1) is 11.3. The van der Waals surface area contributed by atoms with Crippen LogP contribution in [0.5, 0.6) is 0 Å². The molecule has 0 bridgehead atoms. The number of carboxylic acids is 1. The van der Waals surface area contributed by atoms with Gasteiger partial charge in [0.2, 0.25) is 11.8 Å². The van der Waals surface area contributed by atoms with E-state index in [4.69, 9.17) is 0 Å². The SMILES string of the molecule is Cc1ccc(N2CC(C(=O)NC(CC(C)C)C(=O)O)CC2=O)cc1. The van der Waals surface area contributed by atoms with Gasteiger partial charge in [-0.1, -0.05) is 31.5 Å². The van der Waals surface area contributed by atoms with Crippen molar-refractivity contribution in [2.75, 3.05) is 11.4 Å². The third kappa shape index (κ3) is 4.34. The Bertz CT molecular complexity index is 624. The number of nitrogens with one attached hydrogen (secondary N) is 1. The molecule has 6 nitrogen and oxygen atoms in total. The van der Waals surface area contributed by atoms with Gasteiger partial charge in [-0.25, -0.2) is 4.79 Å². The summed E-state index contributed by atoms with van der Waals surface area (Å²) in [7, 11) is 0. The summed E-state index contributed by atoms with van der Waals surface area (Å²) in [6.45, 7) is 6.05. The number of carbonyl (C=O) groups is 3. The summed E-state index contributed by atoms with van der Waals surface area (Å²) in [5.41, 5.74) is 1.86. The van der Waals surface area contributed by atoms with E-state index in [1.165, 1.54) is 0 Å². The van der Waals surface area contributed by atoms with Crippen molar-refractivity contribution in [1.82, 2.24) is 5.32 Å². The van der Waals surface area contributed by atoms with Gasteiger partial charge in [-0.2, -0.15) is 0 Å². The van der Waals surface area contributed by atoms with Gasteiger partial charge in [0.15, 0.2) is 0 Å². The zero-order valence-electron chi connectivity index (χ0n) is 14.3. The van der Waals surface area contributed by atoms with Crippen LogP contribution in [0, 0.1) is 18.8 Å². The van der Waals surface area contributed by atoms with E-state index in [0.717, 1.165) is 11.3 Å². The Morgan fingerprint density at radius 2 is 1.92 bits per heavy atom. The highest BCUT2D eigenvalue weighted by atomic mass is 16.4. The van der Waals surface area contributed by atoms with Gasteiger partial charge in [-0.15, -0.1) is 0 Å². The number of carboxylic acid groups (broad SMARTS) is 1. The molecule has 0 aliphatic carbocycles. The van der Waals surface area contributed by atoms with Gasteiger partial charge in [0, 0.05) is 18.7 Å². The number of hydrogen-bond donors (Lipinski definition) is 2. The first-order valence-electron chi connectivity index (χ1n) is 8.18. The number of aliphatic carboxylic acids is 1. The van der Waals surface area contributed by atoms with Crippen molar-refractivity contribution in [3.05, 3.63) is 29.8 Å². The molecular formula is C18H24N2O4. The number of hydrogen-bond acceptors (Lipinski definition) is 3. The van der Waals surface area contributed by atoms with Crippen molar-refractivity contribution < 1.29 is 19.5 Å². The first-order valence-corrected chi connectivity index (χ1v) is 8.18. The van der Waals surface area contributed by atoms with Crippen molar-refractivity contribution in [3.8, 4) is 0 Å². The predicted molar refractivity (Wildman–Crippen MR) is 90.7 cm³/mol. The molecule has 0 aromatic heterocycles. The van der Waals surface area contributed by atoms with Crippen LogP contribution in [0.3, 0.4) is 0 Å².